The molecule has 0 spiro atoms. The second-order valence-corrected chi connectivity index (χ2v) is 14.3. The van der Waals surface area contributed by atoms with Gasteiger partial charge in [0.05, 0.1) is 29.2 Å². The van der Waals surface area contributed by atoms with Gasteiger partial charge >= 0.3 is 0 Å². The Labute approximate surface area is 250 Å². The van der Waals surface area contributed by atoms with E-state index < -0.39 is 37.2 Å². The minimum absolute atomic E-state index is 0.132. The molecule has 1 unspecified atom stereocenters. The summed E-state index contributed by atoms with van der Waals surface area (Å²) in [5, 5.41) is -0.952. The smallest absolute Gasteiger partial charge is 0.242 e. The van der Waals surface area contributed by atoms with E-state index in [1.54, 1.807) is 24.3 Å². The first-order valence-corrected chi connectivity index (χ1v) is 17.0. The average molecular weight is 615 g/mol. The number of amides is 1. The number of H-pyrrole nitrogens is 1. The van der Waals surface area contributed by atoms with Crippen molar-refractivity contribution in [2.24, 2.45) is 0 Å². The second-order valence-electron chi connectivity index (χ2n) is 10.7. The summed E-state index contributed by atoms with van der Waals surface area (Å²) < 4.78 is 57.3. The number of aromatic nitrogens is 2. The Morgan fingerprint density at radius 1 is 0.837 bits per heavy atom. The molecule has 2 atom stereocenters. The summed E-state index contributed by atoms with van der Waals surface area (Å²) in [6, 6.07) is 32.7. The van der Waals surface area contributed by atoms with Gasteiger partial charge in [-0.05, 0) is 40.8 Å². The zero-order valence-electron chi connectivity index (χ0n) is 23.1. The molecule has 0 aliphatic carbocycles. The average Bonchev–Trinajstić information content (AvgIpc) is 3.56. The van der Waals surface area contributed by atoms with E-state index in [-0.39, 0.29) is 24.5 Å². The molecule has 9 nitrogen and oxygen atoms in total. The van der Waals surface area contributed by atoms with Crippen molar-refractivity contribution in [2.45, 2.75) is 30.1 Å². The van der Waals surface area contributed by atoms with E-state index in [4.69, 9.17) is 0 Å². The van der Waals surface area contributed by atoms with Crippen LogP contribution in [0.2, 0.25) is 0 Å². The first-order chi connectivity index (χ1) is 20.7. The number of fused-ring (bicyclic) bond motifs is 1. The maximum absolute atomic E-state index is 13.8. The molecule has 11 heteroatoms. The van der Waals surface area contributed by atoms with Gasteiger partial charge in [0.1, 0.15) is 11.1 Å². The number of para-hydroxylation sites is 2. The fourth-order valence-corrected chi connectivity index (χ4v) is 8.50. The molecule has 43 heavy (non-hydrogen) atoms. The first-order valence-electron chi connectivity index (χ1n) is 13.8. The zero-order valence-corrected chi connectivity index (χ0v) is 24.7. The summed E-state index contributed by atoms with van der Waals surface area (Å²) in [5.74, 6) is -0.618. The van der Waals surface area contributed by atoms with Crippen molar-refractivity contribution in [3.05, 3.63) is 137 Å². The number of nitrogens with one attached hydrogen (secondary N) is 3. The highest BCUT2D eigenvalue weighted by molar-refractivity contribution is 7.90. The predicted octanol–water partition coefficient (Wildman–Crippen LogP) is 4.49. The minimum atomic E-state index is -3.86. The van der Waals surface area contributed by atoms with Gasteiger partial charge in [0.15, 0.2) is 0 Å². The SMILES string of the molecule is O=C1CC(c2ccc(C[C@H](NS(=O)(=O)CC(c3ccccc3)c3ccccc3)c3nc4ccccc4[nH]3)cc2)S(=O)(=O)N1. The molecular weight excluding hydrogens is 585 g/mol. The normalized spacial score (nSPS) is 17.2. The van der Waals surface area contributed by atoms with Gasteiger partial charge in [-0.3, -0.25) is 9.52 Å². The number of imidazole rings is 1. The van der Waals surface area contributed by atoms with E-state index in [0.29, 0.717) is 16.9 Å². The van der Waals surface area contributed by atoms with Crippen molar-refractivity contribution in [3.63, 3.8) is 0 Å². The van der Waals surface area contributed by atoms with E-state index in [2.05, 4.69) is 14.7 Å². The molecule has 1 aliphatic rings. The van der Waals surface area contributed by atoms with Crippen LogP contribution in [0.3, 0.4) is 0 Å². The number of carbonyl (C=O) groups excluding carboxylic acids is 1. The molecule has 1 fully saturated rings. The molecule has 1 aromatic heterocycles. The van der Waals surface area contributed by atoms with Gasteiger partial charge in [0.25, 0.3) is 0 Å². The van der Waals surface area contributed by atoms with Crippen molar-refractivity contribution in [1.29, 1.82) is 0 Å². The number of sulfonamides is 2. The number of hydrogen-bond donors (Lipinski definition) is 3. The quantitative estimate of drug-likeness (QED) is 0.212. The Bertz CT molecular complexity index is 1890. The van der Waals surface area contributed by atoms with Crippen molar-refractivity contribution in [1.82, 2.24) is 19.4 Å². The molecule has 2 heterocycles. The number of rotatable bonds is 10. The van der Waals surface area contributed by atoms with E-state index in [9.17, 15) is 21.6 Å². The third-order valence-electron chi connectivity index (χ3n) is 7.64. The summed E-state index contributed by atoms with van der Waals surface area (Å²) in [5.41, 5.74) is 4.56. The molecule has 1 aliphatic heterocycles. The van der Waals surface area contributed by atoms with Crippen LogP contribution >= 0.6 is 0 Å². The van der Waals surface area contributed by atoms with Crippen LogP contribution in [0.1, 0.15) is 51.7 Å². The molecule has 5 aromatic rings. The molecule has 0 saturated carbocycles. The van der Waals surface area contributed by atoms with E-state index in [1.807, 2.05) is 89.7 Å². The van der Waals surface area contributed by atoms with E-state index in [1.165, 1.54) is 0 Å². The summed E-state index contributed by atoms with van der Waals surface area (Å²) in [6.07, 6.45) is 0.127. The largest absolute Gasteiger partial charge is 0.341 e. The molecule has 0 bridgehead atoms. The molecule has 3 N–H and O–H groups in total. The lowest BCUT2D eigenvalue weighted by Gasteiger charge is -2.22. The number of nitrogens with zero attached hydrogens (tertiary/aromatic N) is 1. The van der Waals surface area contributed by atoms with Gasteiger partial charge in [-0.1, -0.05) is 97.1 Å². The lowest BCUT2D eigenvalue weighted by molar-refractivity contribution is -0.118. The van der Waals surface area contributed by atoms with Crippen LogP contribution in [-0.2, 0) is 31.3 Å². The monoisotopic (exact) mass is 614 g/mol. The van der Waals surface area contributed by atoms with Crippen LogP contribution in [0.15, 0.2) is 109 Å². The lowest BCUT2D eigenvalue weighted by Crippen LogP contribution is -2.34. The van der Waals surface area contributed by atoms with Gasteiger partial charge in [-0.15, -0.1) is 0 Å². The Morgan fingerprint density at radius 2 is 1.44 bits per heavy atom. The van der Waals surface area contributed by atoms with Gasteiger partial charge in [0.2, 0.25) is 26.0 Å². The molecule has 1 saturated heterocycles. The summed E-state index contributed by atoms with van der Waals surface area (Å²) in [7, 11) is -7.63. The van der Waals surface area contributed by atoms with Gasteiger partial charge in [-0.25, -0.2) is 26.5 Å². The van der Waals surface area contributed by atoms with Crippen LogP contribution in [0.4, 0.5) is 0 Å². The zero-order chi connectivity index (χ0) is 30.0. The van der Waals surface area contributed by atoms with E-state index in [0.717, 1.165) is 22.2 Å². The molecule has 6 rings (SSSR count). The highest BCUT2D eigenvalue weighted by Gasteiger charge is 2.37. The van der Waals surface area contributed by atoms with Crippen LogP contribution in [0, 0.1) is 0 Å². The highest BCUT2D eigenvalue weighted by atomic mass is 32.2. The van der Waals surface area contributed by atoms with Crippen molar-refractivity contribution in [2.75, 3.05) is 5.75 Å². The maximum atomic E-state index is 13.8. The fourth-order valence-electron chi connectivity index (χ4n) is 5.52. The third-order valence-corrected chi connectivity index (χ3v) is 10.8. The summed E-state index contributed by atoms with van der Waals surface area (Å²) in [6.45, 7) is 0. The van der Waals surface area contributed by atoms with Crippen LogP contribution in [-0.4, -0.2) is 38.5 Å². The third kappa shape index (κ3) is 6.53. The summed E-state index contributed by atoms with van der Waals surface area (Å²) >= 11 is 0. The fraction of sp³-hybridized carbons (Fsp3) is 0.188. The summed E-state index contributed by atoms with van der Waals surface area (Å²) in [4.78, 5) is 19.7. The van der Waals surface area contributed by atoms with Crippen molar-refractivity contribution >= 4 is 37.0 Å². The topological polar surface area (TPSA) is 138 Å². The number of benzene rings is 4. The molecule has 0 radical (unpaired) electrons. The lowest BCUT2D eigenvalue weighted by atomic mass is 9.93. The minimum Gasteiger partial charge on any atom is -0.341 e. The maximum Gasteiger partial charge on any atom is 0.242 e. The van der Waals surface area contributed by atoms with Gasteiger partial charge in [0, 0.05) is 5.92 Å². The number of hydrogen-bond acceptors (Lipinski definition) is 6. The van der Waals surface area contributed by atoms with Crippen molar-refractivity contribution in [3.8, 4) is 0 Å². The number of aromatic amines is 1. The Kier molecular flexibility index (Phi) is 7.87. The Balaban J connectivity index is 1.30. The van der Waals surface area contributed by atoms with Crippen LogP contribution < -0.4 is 9.44 Å². The van der Waals surface area contributed by atoms with Crippen LogP contribution in [0.5, 0.6) is 0 Å². The standard InChI is InChI=1S/C32H30N4O5S2/c37-31-20-30(43(40,41)36-31)25-17-15-22(16-18-25)19-29(32-33-27-13-7-8-14-28(27)34-32)35-42(38,39)21-26(23-9-3-1-4-10-23)24-11-5-2-6-12-24/h1-18,26,29-30,35H,19-21H2,(H,33,34)(H,36,37)/t29-,30?/m0/s1. The Morgan fingerprint density at radius 3 is 2.02 bits per heavy atom. The van der Waals surface area contributed by atoms with E-state index >= 15 is 0 Å². The first kappa shape index (κ1) is 28.8. The molecule has 4 aromatic carbocycles. The Hall–Kier alpha value is -4.32. The van der Waals surface area contributed by atoms with Gasteiger partial charge in [-0.2, -0.15) is 0 Å². The highest BCUT2D eigenvalue weighted by Crippen LogP contribution is 2.31. The molecule has 220 valence electrons. The van der Waals surface area contributed by atoms with Crippen molar-refractivity contribution < 1.29 is 21.6 Å². The second kappa shape index (κ2) is 11.8. The molecule has 1 amide bonds. The molecular formula is C32H30N4O5S2. The van der Waals surface area contributed by atoms with Crippen LogP contribution in [0.25, 0.3) is 11.0 Å². The number of carbonyl (C=O) groups is 1. The predicted molar refractivity (Wildman–Crippen MR) is 165 cm³/mol. The van der Waals surface area contributed by atoms with Gasteiger partial charge < -0.3 is 4.98 Å².